The monoisotopic (exact) mass is 204 g/mol. The quantitative estimate of drug-likeness (QED) is 0.753. The fourth-order valence-corrected chi connectivity index (χ4v) is 1.80. The highest BCUT2D eigenvalue weighted by Crippen LogP contribution is 2.28. The normalized spacial score (nSPS) is 13.2. The fourth-order valence-electron chi connectivity index (χ4n) is 1.80. The SMILES string of the molecule is CCC[C@H](OC)c1cc2ccccc2o1. The predicted octanol–water partition coefficient (Wildman–Crippen LogP) is 3.92. The third-order valence-electron chi connectivity index (χ3n) is 2.60. The molecule has 0 saturated carbocycles. The Labute approximate surface area is 89.8 Å². The van der Waals surface area contributed by atoms with Crippen molar-refractivity contribution in [1.29, 1.82) is 0 Å². The summed E-state index contributed by atoms with van der Waals surface area (Å²) in [4.78, 5) is 0. The summed E-state index contributed by atoms with van der Waals surface area (Å²) in [5, 5.41) is 1.14. The van der Waals surface area contributed by atoms with Gasteiger partial charge in [0.2, 0.25) is 0 Å². The van der Waals surface area contributed by atoms with Gasteiger partial charge in [0.25, 0.3) is 0 Å². The van der Waals surface area contributed by atoms with Gasteiger partial charge in [-0.25, -0.2) is 0 Å². The zero-order valence-electron chi connectivity index (χ0n) is 9.19. The van der Waals surface area contributed by atoms with Crippen LogP contribution in [-0.4, -0.2) is 7.11 Å². The number of para-hydroxylation sites is 1. The van der Waals surface area contributed by atoms with Crippen molar-refractivity contribution in [2.45, 2.75) is 25.9 Å². The molecule has 1 heterocycles. The van der Waals surface area contributed by atoms with Crippen molar-refractivity contribution >= 4 is 11.0 Å². The van der Waals surface area contributed by atoms with Crippen LogP contribution in [0.25, 0.3) is 11.0 Å². The van der Waals surface area contributed by atoms with E-state index in [2.05, 4.69) is 19.1 Å². The second-order valence-electron chi connectivity index (χ2n) is 3.70. The maximum absolute atomic E-state index is 5.75. The molecule has 0 radical (unpaired) electrons. The Kier molecular flexibility index (Phi) is 3.07. The molecule has 0 aliphatic rings. The molecular weight excluding hydrogens is 188 g/mol. The van der Waals surface area contributed by atoms with Crippen LogP contribution in [-0.2, 0) is 4.74 Å². The summed E-state index contributed by atoms with van der Waals surface area (Å²) < 4.78 is 11.2. The Balaban J connectivity index is 2.34. The summed E-state index contributed by atoms with van der Waals surface area (Å²) in [6.07, 6.45) is 2.17. The first-order valence-electron chi connectivity index (χ1n) is 5.36. The average Bonchev–Trinajstić information content (AvgIpc) is 2.69. The first kappa shape index (κ1) is 10.2. The van der Waals surface area contributed by atoms with Gasteiger partial charge in [-0.1, -0.05) is 31.5 Å². The Morgan fingerprint density at radius 3 is 2.80 bits per heavy atom. The molecule has 0 aliphatic heterocycles. The van der Waals surface area contributed by atoms with Gasteiger partial charge in [0.05, 0.1) is 0 Å². The van der Waals surface area contributed by atoms with Crippen LogP contribution in [0.4, 0.5) is 0 Å². The third kappa shape index (κ3) is 2.05. The van der Waals surface area contributed by atoms with E-state index in [1.54, 1.807) is 7.11 Å². The van der Waals surface area contributed by atoms with Gasteiger partial charge in [0, 0.05) is 12.5 Å². The molecule has 1 aromatic heterocycles. The van der Waals surface area contributed by atoms with E-state index in [0.29, 0.717) is 0 Å². The first-order valence-corrected chi connectivity index (χ1v) is 5.36. The van der Waals surface area contributed by atoms with Crippen molar-refractivity contribution in [1.82, 2.24) is 0 Å². The van der Waals surface area contributed by atoms with Crippen LogP contribution >= 0.6 is 0 Å². The van der Waals surface area contributed by atoms with E-state index in [-0.39, 0.29) is 6.10 Å². The summed E-state index contributed by atoms with van der Waals surface area (Å²) in [6, 6.07) is 10.1. The molecule has 1 atom stereocenters. The van der Waals surface area contributed by atoms with Crippen LogP contribution < -0.4 is 0 Å². The number of hydrogen-bond donors (Lipinski definition) is 0. The first-order chi connectivity index (χ1) is 7.35. The highest BCUT2D eigenvalue weighted by Gasteiger charge is 2.14. The van der Waals surface area contributed by atoms with Crippen molar-refractivity contribution in [3.05, 3.63) is 36.1 Å². The van der Waals surface area contributed by atoms with Gasteiger partial charge in [-0.05, 0) is 18.6 Å². The molecule has 1 aromatic carbocycles. The minimum Gasteiger partial charge on any atom is -0.458 e. The summed E-state index contributed by atoms with van der Waals surface area (Å²) in [7, 11) is 1.73. The molecule has 0 aliphatic carbocycles. The molecule has 0 unspecified atom stereocenters. The smallest absolute Gasteiger partial charge is 0.134 e. The van der Waals surface area contributed by atoms with Crippen LogP contribution in [0.3, 0.4) is 0 Å². The van der Waals surface area contributed by atoms with Crippen LogP contribution in [0.2, 0.25) is 0 Å². The highest BCUT2D eigenvalue weighted by molar-refractivity contribution is 5.77. The van der Waals surface area contributed by atoms with Gasteiger partial charge in [-0.2, -0.15) is 0 Å². The number of furan rings is 1. The predicted molar refractivity (Wildman–Crippen MR) is 60.9 cm³/mol. The van der Waals surface area contributed by atoms with Crippen LogP contribution in [0.1, 0.15) is 31.6 Å². The Hall–Kier alpha value is -1.28. The van der Waals surface area contributed by atoms with Crippen molar-refractivity contribution in [2.75, 3.05) is 7.11 Å². The van der Waals surface area contributed by atoms with Crippen molar-refractivity contribution in [3.8, 4) is 0 Å². The fraction of sp³-hybridized carbons (Fsp3) is 0.385. The van der Waals surface area contributed by atoms with Crippen LogP contribution in [0, 0.1) is 0 Å². The second-order valence-corrected chi connectivity index (χ2v) is 3.70. The molecule has 2 nitrogen and oxygen atoms in total. The van der Waals surface area contributed by atoms with Gasteiger partial charge in [0.15, 0.2) is 0 Å². The molecule has 0 N–H and O–H groups in total. The Bertz CT molecular complexity index is 398. The number of rotatable bonds is 4. The van der Waals surface area contributed by atoms with E-state index in [0.717, 1.165) is 29.6 Å². The average molecular weight is 204 g/mol. The Morgan fingerprint density at radius 1 is 1.33 bits per heavy atom. The van der Waals surface area contributed by atoms with Gasteiger partial charge >= 0.3 is 0 Å². The van der Waals surface area contributed by atoms with Gasteiger partial charge in [-0.15, -0.1) is 0 Å². The molecule has 15 heavy (non-hydrogen) atoms. The van der Waals surface area contributed by atoms with E-state index in [9.17, 15) is 0 Å². The minimum atomic E-state index is 0.0856. The number of hydrogen-bond acceptors (Lipinski definition) is 2. The largest absolute Gasteiger partial charge is 0.458 e. The van der Waals surface area contributed by atoms with E-state index in [1.807, 2.05) is 18.2 Å². The van der Waals surface area contributed by atoms with E-state index < -0.39 is 0 Å². The van der Waals surface area contributed by atoms with E-state index in [1.165, 1.54) is 0 Å². The summed E-state index contributed by atoms with van der Waals surface area (Å²) in [5.74, 6) is 0.931. The number of benzene rings is 1. The number of fused-ring (bicyclic) bond motifs is 1. The Morgan fingerprint density at radius 2 is 2.13 bits per heavy atom. The van der Waals surface area contributed by atoms with Gasteiger partial charge in [0.1, 0.15) is 17.4 Å². The maximum Gasteiger partial charge on any atom is 0.134 e. The second kappa shape index (κ2) is 4.49. The molecule has 0 amide bonds. The highest BCUT2D eigenvalue weighted by atomic mass is 16.5. The zero-order chi connectivity index (χ0) is 10.7. The lowest BCUT2D eigenvalue weighted by molar-refractivity contribution is 0.0775. The lowest BCUT2D eigenvalue weighted by Gasteiger charge is -2.10. The molecule has 0 fully saturated rings. The van der Waals surface area contributed by atoms with Crippen molar-refractivity contribution in [2.24, 2.45) is 0 Å². The van der Waals surface area contributed by atoms with Crippen LogP contribution in [0.5, 0.6) is 0 Å². The van der Waals surface area contributed by atoms with E-state index in [4.69, 9.17) is 9.15 Å². The number of ether oxygens (including phenoxy) is 1. The molecular formula is C13H16O2. The van der Waals surface area contributed by atoms with E-state index >= 15 is 0 Å². The van der Waals surface area contributed by atoms with Gasteiger partial charge in [-0.3, -0.25) is 0 Å². The number of methoxy groups -OCH3 is 1. The minimum absolute atomic E-state index is 0.0856. The molecule has 2 rings (SSSR count). The summed E-state index contributed by atoms with van der Waals surface area (Å²) in [5.41, 5.74) is 0.936. The molecule has 2 heteroatoms. The van der Waals surface area contributed by atoms with Gasteiger partial charge < -0.3 is 9.15 Å². The lowest BCUT2D eigenvalue weighted by Crippen LogP contribution is -1.98. The lowest BCUT2D eigenvalue weighted by atomic mass is 10.1. The molecule has 80 valence electrons. The van der Waals surface area contributed by atoms with Crippen LogP contribution in [0.15, 0.2) is 34.7 Å². The summed E-state index contributed by atoms with van der Waals surface area (Å²) >= 11 is 0. The zero-order valence-corrected chi connectivity index (χ0v) is 9.19. The van der Waals surface area contributed by atoms with Crippen molar-refractivity contribution < 1.29 is 9.15 Å². The molecule has 0 bridgehead atoms. The molecule has 2 aromatic rings. The third-order valence-corrected chi connectivity index (χ3v) is 2.60. The standard InChI is InChI=1S/C13H16O2/c1-3-6-12(14-2)13-9-10-7-4-5-8-11(10)15-13/h4-5,7-9,12H,3,6H2,1-2H3/t12-/m0/s1. The topological polar surface area (TPSA) is 22.4 Å². The van der Waals surface area contributed by atoms with Crippen molar-refractivity contribution in [3.63, 3.8) is 0 Å². The molecule has 0 spiro atoms. The summed E-state index contributed by atoms with van der Waals surface area (Å²) in [6.45, 7) is 2.15. The molecule has 0 saturated heterocycles. The maximum atomic E-state index is 5.75.